The zero-order chi connectivity index (χ0) is 15.9. The van der Waals surface area contributed by atoms with Crippen molar-refractivity contribution in [2.75, 3.05) is 18.6 Å². The Morgan fingerprint density at radius 2 is 2.00 bits per heavy atom. The lowest BCUT2D eigenvalue weighted by Gasteiger charge is -2.27. The maximum atomic E-state index is 14.0. The number of ether oxygens (including phenoxy) is 1. The van der Waals surface area contributed by atoms with Crippen LogP contribution in [-0.4, -0.2) is 31.3 Å². The van der Waals surface area contributed by atoms with Gasteiger partial charge in [-0.3, -0.25) is 14.4 Å². The predicted octanol–water partition coefficient (Wildman–Crippen LogP) is 2.21. The average Bonchev–Trinajstić information content (AvgIpc) is 2.67. The molecule has 0 spiro atoms. The predicted molar refractivity (Wildman–Crippen MR) is 73.9 cm³/mol. The van der Waals surface area contributed by atoms with Gasteiger partial charge in [0, 0.05) is 6.54 Å². The zero-order valence-electron chi connectivity index (χ0n) is 11.7. The van der Waals surface area contributed by atoms with Crippen molar-refractivity contribution in [1.29, 1.82) is 0 Å². The van der Waals surface area contributed by atoms with Crippen LogP contribution < -0.4 is 4.90 Å². The van der Waals surface area contributed by atoms with E-state index in [-0.39, 0.29) is 22.8 Å². The molecule has 0 saturated carbocycles. The molecule has 0 fully saturated rings. The molecule has 7 heteroatoms. The fraction of sp³-hybridized carbons (Fsp3) is 0.357. The maximum Gasteiger partial charge on any atom is 0.313 e. The first-order valence-electron chi connectivity index (χ1n) is 6.13. The van der Waals surface area contributed by atoms with Crippen LogP contribution in [0.5, 0.6) is 0 Å². The molecule has 0 bridgehead atoms. The number of Topliss-reactive ketones (excluding diaryl/α,β-unsaturated/α-hetero) is 1. The van der Waals surface area contributed by atoms with Crippen molar-refractivity contribution in [2.45, 2.75) is 13.8 Å². The highest BCUT2D eigenvalue weighted by Gasteiger charge is 2.44. The van der Waals surface area contributed by atoms with Crippen molar-refractivity contribution in [3.8, 4) is 0 Å². The van der Waals surface area contributed by atoms with E-state index in [1.807, 2.05) is 0 Å². The van der Waals surface area contributed by atoms with E-state index in [0.717, 1.165) is 11.0 Å². The summed E-state index contributed by atoms with van der Waals surface area (Å²) in [7, 11) is 1.21. The van der Waals surface area contributed by atoms with Crippen molar-refractivity contribution in [3.63, 3.8) is 0 Å². The summed E-state index contributed by atoms with van der Waals surface area (Å²) in [4.78, 5) is 36.6. The minimum Gasteiger partial charge on any atom is -0.469 e. The molecule has 0 aliphatic carbocycles. The average molecular weight is 314 g/mol. The van der Waals surface area contributed by atoms with Gasteiger partial charge in [-0.05, 0) is 26.0 Å². The summed E-state index contributed by atoms with van der Waals surface area (Å²) in [6.45, 7) is 2.89. The number of anilines is 1. The quantitative estimate of drug-likeness (QED) is 0.634. The molecule has 21 heavy (non-hydrogen) atoms. The van der Waals surface area contributed by atoms with E-state index in [0.29, 0.717) is 0 Å². The van der Waals surface area contributed by atoms with E-state index in [2.05, 4.69) is 4.74 Å². The van der Waals surface area contributed by atoms with E-state index in [1.54, 1.807) is 0 Å². The van der Waals surface area contributed by atoms with Crippen molar-refractivity contribution < 1.29 is 23.5 Å². The number of benzene rings is 1. The van der Waals surface area contributed by atoms with Crippen LogP contribution in [0.15, 0.2) is 12.1 Å². The standard InChI is InChI=1S/C14H13ClFNO4/c1-14(2,13(20)21-3)6-17-10-8(16)5-4-7(15)9(10)11(18)12(17)19/h4-5H,6H2,1-3H3. The Kier molecular flexibility index (Phi) is 3.76. The van der Waals surface area contributed by atoms with E-state index in [1.165, 1.54) is 27.0 Å². The molecule has 0 N–H and O–H groups in total. The molecule has 112 valence electrons. The number of ketones is 1. The summed E-state index contributed by atoms with van der Waals surface area (Å²) in [5.74, 6) is -3.10. The van der Waals surface area contributed by atoms with Crippen LogP contribution in [0.1, 0.15) is 24.2 Å². The third-order valence-electron chi connectivity index (χ3n) is 3.31. The Labute approximate surface area is 125 Å². The molecule has 1 aliphatic heterocycles. The molecule has 5 nitrogen and oxygen atoms in total. The monoisotopic (exact) mass is 313 g/mol. The molecule has 0 aromatic heterocycles. The van der Waals surface area contributed by atoms with Crippen molar-refractivity contribution in [2.24, 2.45) is 5.41 Å². The third kappa shape index (κ3) is 2.40. The van der Waals surface area contributed by atoms with Crippen molar-refractivity contribution >= 4 is 34.9 Å². The molecule has 0 saturated heterocycles. The van der Waals surface area contributed by atoms with E-state index in [4.69, 9.17) is 11.6 Å². The minimum absolute atomic E-state index is 0.00289. The number of carbonyl (C=O) groups excluding carboxylic acids is 3. The smallest absolute Gasteiger partial charge is 0.313 e. The van der Waals surface area contributed by atoms with Gasteiger partial charge in [0.1, 0.15) is 5.82 Å². The highest BCUT2D eigenvalue weighted by atomic mass is 35.5. The number of halogens is 2. The molecule has 1 aromatic rings. The lowest BCUT2D eigenvalue weighted by atomic mass is 9.93. The molecule has 1 aliphatic rings. The number of rotatable bonds is 3. The van der Waals surface area contributed by atoms with Gasteiger partial charge in [0.25, 0.3) is 11.7 Å². The number of carbonyl (C=O) groups is 3. The van der Waals surface area contributed by atoms with E-state index < -0.39 is 28.9 Å². The van der Waals surface area contributed by atoms with Gasteiger partial charge < -0.3 is 9.64 Å². The number of hydrogen-bond acceptors (Lipinski definition) is 4. The molecule has 2 rings (SSSR count). The van der Waals surface area contributed by atoms with Crippen LogP contribution in [0, 0.1) is 11.2 Å². The second-order valence-corrected chi connectivity index (χ2v) is 5.76. The summed E-state index contributed by atoms with van der Waals surface area (Å²) < 4.78 is 18.7. The number of hydrogen-bond donors (Lipinski definition) is 0. The zero-order valence-corrected chi connectivity index (χ0v) is 12.5. The summed E-state index contributed by atoms with van der Waals surface area (Å²) in [6.07, 6.45) is 0. The number of nitrogens with zero attached hydrogens (tertiary/aromatic N) is 1. The summed E-state index contributed by atoms with van der Waals surface area (Å²) in [5, 5.41) is 0.00289. The first-order chi connectivity index (χ1) is 9.70. The summed E-state index contributed by atoms with van der Waals surface area (Å²) in [5.41, 5.74) is -1.45. The fourth-order valence-electron chi connectivity index (χ4n) is 2.24. The van der Waals surface area contributed by atoms with Gasteiger partial charge in [-0.2, -0.15) is 0 Å². The van der Waals surface area contributed by atoms with Gasteiger partial charge in [-0.1, -0.05) is 11.6 Å². The number of amides is 1. The molecule has 0 atom stereocenters. The van der Waals surface area contributed by atoms with Crippen LogP contribution in [0.3, 0.4) is 0 Å². The van der Waals surface area contributed by atoms with Crippen LogP contribution >= 0.6 is 11.6 Å². The molecule has 1 aromatic carbocycles. The highest BCUT2D eigenvalue weighted by molar-refractivity contribution is 6.55. The first kappa shape index (κ1) is 15.4. The van der Waals surface area contributed by atoms with E-state index in [9.17, 15) is 18.8 Å². The normalized spacial score (nSPS) is 14.4. The van der Waals surface area contributed by atoms with Gasteiger partial charge in [0.2, 0.25) is 0 Å². The van der Waals surface area contributed by atoms with Crippen molar-refractivity contribution in [1.82, 2.24) is 0 Å². The molecular weight excluding hydrogens is 301 g/mol. The molecule has 1 heterocycles. The number of methoxy groups -OCH3 is 1. The van der Waals surface area contributed by atoms with Gasteiger partial charge in [-0.15, -0.1) is 0 Å². The Morgan fingerprint density at radius 1 is 1.38 bits per heavy atom. The molecule has 0 unspecified atom stereocenters. The molecule has 1 amide bonds. The summed E-state index contributed by atoms with van der Waals surface area (Å²) in [6, 6.07) is 2.29. The van der Waals surface area contributed by atoms with Crippen LogP contribution in [0.25, 0.3) is 0 Å². The SMILES string of the molecule is COC(=O)C(C)(C)CN1C(=O)C(=O)c2c(Cl)ccc(F)c21. The Morgan fingerprint density at radius 3 is 2.57 bits per heavy atom. The van der Waals surface area contributed by atoms with Crippen LogP contribution in [0.2, 0.25) is 5.02 Å². The topological polar surface area (TPSA) is 63.7 Å². The lowest BCUT2D eigenvalue weighted by molar-refractivity contribution is -0.150. The minimum atomic E-state index is -1.10. The lowest BCUT2D eigenvalue weighted by Crippen LogP contribution is -2.42. The number of fused-ring (bicyclic) bond motifs is 1. The second kappa shape index (κ2) is 5.11. The van der Waals surface area contributed by atoms with Gasteiger partial charge in [0.15, 0.2) is 0 Å². The van der Waals surface area contributed by atoms with Gasteiger partial charge >= 0.3 is 5.97 Å². The van der Waals surface area contributed by atoms with Gasteiger partial charge in [0.05, 0.1) is 28.8 Å². The molecular formula is C14H13ClFNO4. The van der Waals surface area contributed by atoms with Gasteiger partial charge in [-0.25, -0.2) is 4.39 Å². The van der Waals surface area contributed by atoms with E-state index >= 15 is 0 Å². The Bertz CT molecular complexity index is 657. The Hall–Kier alpha value is -1.95. The first-order valence-corrected chi connectivity index (χ1v) is 6.51. The summed E-state index contributed by atoms with van der Waals surface area (Å²) >= 11 is 5.87. The third-order valence-corrected chi connectivity index (χ3v) is 3.62. The molecule has 0 radical (unpaired) electrons. The van der Waals surface area contributed by atoms with Crippen LogP contribution in [0.4, 0.5) is 10.1 Å². The number of esters is 1. The van der Waals surface area contributed by atoms with Crippen LogP contribution in [-0.2, 0) is 14.3 Å². The maximum absolute atomic E-state index is 14.0. The van der Waals surface area contributed by atoms with Crippen molar-refractivity contribution in [3.05, 3.63) is 28.5 Å². The Balaban J connectivity index is 2.50. The largest absolute Gasteiger partial charge is 0.469 e. The fourth-order valence-corrected chi connectivity index (χ4v) is 2.48. The second-order valence-electron chi connectivity index (χ2n) is 5.35. The highest BCUT2D eigenvalue weighted by Crippen LogP contribution is 2.38.